The number of hydrogen-bond acceptors (Lipinski definition) is 2. The molecular weight excluding hydrogens is 340 g/mol. The van der Waals surface area contributed by atoms with Crippen molar-refractivity contribution in [2.24, 2.45) is 0 Å². The number of sulfonamides is 1. The van der Waals surface area contributed by atoms with Crippen LogP contribution in [-0.4, -0.2) is 25.7 Å². The lowest BCUT2D eigenvalue weighted by atomic mass is 10.1. The Kier molecular flexibility index (Phi) is 5.59. The first kappa shape index (κ1) is 16.3. The minimum Gasteiger partial charge on any atom is -0.207 e. The molecule has 0 unspecified atom stereocenters. The van der Waals surface area contributed by atoms with Crippen molar-refractivity contribution >= 4 is 56.4 Å². The van der Waals surface area contributed by atoms with E-state index in [1.54, 1.807) is 6.92 Å². The zero-order valence-electron chi connectivity index (χ0n) is 9.38. The first-order chi connectivity index (χ1) is 8.22. The Balaban J connectivity index is 3.14. The summed E-state index contributed by atoms with van der Waals surface area (Å²) in [5.74, 6) is 0.0913. The molecule has 0 radical (unpaired) electrons. The summed E-state index contributed by atoms with van der Waals surface area (Å²) in [6.45, 7) is 1.61. The summed E-state index contributed by atoms with van der Waals surface area (Å²) in [5.41, 5.74) is -0.934. The first-order valence-electron chi connectivity index (χ1n) is 4.84. The van der Waals surface area contributed by atoms with E-state index in [4.69, 9.17) is 46.4 Å². The average Bonchev–Trinajstić information content (AvgIpc) is 2.27. The van der Waals surface area contributed by atoms with Crippen LogP contribution in [0.3, 0.4) is 0 Å². The molecule has 1 rings (SSSR count). The first-order valence-corrected chi connectivity index (χ1v) is 8.15. The van der Waals surface area contributed by atoms with Crippen molar-refractivity contribution in [2.75, 3.05) is 11.8 Å². The fraction of sp³-hybridized carbons (Fsp3) is 0.400. The van der Waals surface area contributed by atoms with Gasteiger partial charge in [0.15, 0.2) is 0 Å². The van der Waals surface area contributed by atoms with E-state index in [9.17, 15) is 8.42 Å². The van der Waals surface area contributed by atoms with Gasteiger partial charge in [-0.25, -0.2) is 13.1 Å². The van der Waals surface area contributed by atoms with Crippen LogP contribution in [0.1, 0.15) is 6.92 Å². The average molecular weight is 351 g/mol. The van der Waals surface area contributed by atoms with Crippen molar-refractivity contribution in [3.05, 3.63) is 28.2 Å². The quantitative estimate of drug-likeness (QED) is 0.826. The summed E-state index contributed by atoms with van der Waals surface area (Å²) in [6.07, 6.45) is 0. The molecule has 0 aromatic heterocycles. The molecule has 0 amide bonds. The lowest BCUT2D eigenvalue weighted by Gasteiger charge is -2.25. The molecule has 0 fully saturated rings. The van der Waals surface area contributed by atoms with Gasteiger partial charge in [-0.1, -0.05) is 23.2 Å². The van der Waals surface area contributed by atoms with Gasteiger partial charge in [0.25, 0.3) is 0 Å². The molecule has 1 aromatic carbocycles. The number of halogens is 4. The van der Waals surface area contributed by atoms with Crippen molar-refractivity contribution < 1.29 is 8.42 Å². The molecule has 0 heterocycles. The zero-order valence-corrected chi connectivity index (χ0v) is 13.2. The summed E-state index contributed by atoms with van der Waals surface area (Å²) in [4.78, 5) is -0.0264. The van der Waals surface area contributed by atoms with Gasteiger partial charge in [-0.05, 0) is 25.1 Å². The Morgan fingerprint density at radius 2 is 1.56 bits per heavy atom. The highest BCUT2D eigenvalue weighted by atomic mass is 35.5. The third-order valence-corrected chi connectivity index (χ3v) is 5.35. The van der Waals surface area contributed by atoms with Crippen LogP contribution in [0.4, 0.5) is 0 Å². The van der Waals surface area contributed by atoms with Crippen LogP contribution in [0, 0.1) is 0 Å². The van der Waals surface area contributed by atoms with Crippen molar-refractivity contribution in [1.82, 2.24) is 4.72 Å². The maximum Gasteiger partial charge on any atom is 0.241 e. The highest BCUT2D eigenvalue weighted by Crippen LogP contribution is 2.23. The molecule has 1 N–H and O–H groups in total. The molecular formula is C10H11Cl4NO2S. The second kappa shape index (κ2) is 6.16. The lowest BCUT2D eigenvalue weighted by molar-refractivity contribution is 0.500. The van der Waals surface area contributed by atoms with Gasteiger partial charge in [0, 0.05) is 21.8 Å². The van der Waals surface area contributed by atoms with Crippen LogP contribution in [0.5, 0.6) is 0 Å². The van der Waals surface area contributed by atoms with E-state index in [0.717, 1.165) is 0 Å². The topological polar surface area (TPSA) is 46.2 Å². The molecule has 0 aliphatic heterocycles. The van der Waals surface area contributed by atoms with E-state index < -0.39 is 15.6 Å². The van der Waals surface area contributed by atoms with Gasteiger partial charge in [-0.2, -0.15) is 0 Å². The molecule has 0 bridgehead atoms. The largest absolute Gasteiger partial charge is 0.241 e. The minimum absolute atomic E-state index is 0.0264. The number of nitrogens with one attached hydrogen (secondary N) is 1. The summed E-state index contributed by atoms with van der Waals surface area (Å²) in [7, 11) is -3.77. The predicted molar refractivity (Wildman–Crippen MR) is 76.6 cm³/mol. The number of hydrogen-bond donors (Lipinski definition) is 1. The number of benzene rings is 1. The summed E-state index contributed by atoms with van der Waals surface area (Å²) >= 11 is 22.9. The fourth-order valence-electron chi connectivity index (χ4n) is 1.16. The SMILES string of the molecule is CC(CCl)(CCl)NS(=O)(=O)c1cc(Cl)cc(Cl)c1. The smallest absolute Gasteiger partial charge is 0.207 e. The van der Waals surface area contributed by atoms with E-state index in [0.29, 0.717) is 0 Å². The monoisotopic (exact) mass is 349 g/mol. The third kappa shape index (κ3) is 4.15. The molecule has 0 atom stereocenters. The molecule has 0 saturated carbocycles. The standard InChI is InChI=1S/C10H11Cl4NO2S/c1-10(5-11,6-12)15-18(16,17)9-3-7(13)2-8(14)4-9/h2-4,15H,5-6H2,1H3. The van der Waals surface area contributed by atoms with Gasteiger partial charge in [-0.3, -0.25) is 0 Å². The minimum atomic E-state index is -3.77. The molecule has 0 aliphatic carbocycles. The van der Waals surface area contributed by atoms with Crippen LogP contribution >= 0.6 is 46.4 Å². The molecule has 3 nitrogen and oxygen atoms in total. The molecule has 0 saturated heterocycles. The van der Waals surface area contributed by atoms with Gasteiger partial charge >= 0.3 is 0 Å². The van der Waals surface area contributed by atoms with Crippen LogP contribution in [0.2, 0.25) is 10.0 Å². The van der Waals surface area contributed by atoms with E-state index in [1.165, 1.54) is 18.2 Å². The Morgan fingerprint density at radius 1 is 1.11 bits per heavy atom. The lowest BCUT2D eigenvalue weighted by Crippen LogP contribution is -2.49. The summed E-state index contributed by atoms with van der Waals surface area (Å²) in [5, 5.41) is 0.475. The van der Waals surface area contributed by atoms with E-state index in [2.05, 4.69) is 4.72 Å². The van der Waals surface area contributed by atoms with E-state index >= 15 is 0 Å². The molecule has 102 valence electrons. The summed E-state index contributed by atoms with van der Waals surface area (Å²) < 4.78 is 26.7. The number of rotatable bonds is 5. The number of alkyl halides is 2. The molecule has 1 aromatic rings. The van der Waals surface area contributed by atoms with Crippen molar-refractivity contribution in [3.63, 3.8) is 0 Å². The second-order valence-electron chi connectivity index (χ2n) is 4.04. The van der Waals surface area contributed by atoms with Crippen LogP contribution < -0.4 is 4.72 Å². The van der Waals surface area contributed by atoms with E-state index in [-0.39, 0.29) is 26.7 Å². The van der Waals surface area contributed by atoms with Gasteiger partial charge in [0.1, 0.15) is 0 Å². The van der Waals surface area contributed by atoms with Crippen LogP contribution in [0.25, 0.3) is 0 Å². The van der Waals surface area contributed by atoms with Gasteiger partial charge in [0.05, 0.1) is 10.4 Å². The van der Waals surface area contributed by atoms with Crippen LogP contribution in [0.15, 0.2) is 23.1 Å². The highest BCUT2D eigenvalue weighted by Gasteiger charge is 2.29. The van der Waals surface area contributed by atoms with Crippen LogP contribution in [-0.2, 0) is 10.0 Å². The normalized spacial score (nSPS) is 12.7. The Morgan fingerprint density at radius 3 is 1.94 bits per heavy atom. The maximum atomic E-state index is 12.1. The third-order valence-electron chi connectivity index (χ3n) is 2.12. The Labute approximate surface area is 126 Å². The van der Waals surface area contributed by atoms with Gasteiger partial charge < -0.3 is 0 Å². The van der Waals surface area contributed by atoms with Gasteiger partial charge in [-0.15, -0.1) is 23.2 Å². The van der Waals surface area contributed by atoms with Crippen molar-refractivity contribution in [3.8, 4) is 0 Å². The van der Waals surface area contributed by atoms with E-state index in [1.807, 2.05) is 0 Å². The molecule has 0 aliphatic rings. The zero-order chi connectivity index (χ0) is 14.0. The second-order valence-corrected chi connectivity index (χ2v) is 7.13. The Bertz CT molecular complexity index is 508. The van der Waals surface area contributed by atoms with Crippen molar-refractivity contribution in [2.45, 2.75) is 17.4 Å². The predicted octanol–water partition coefficient (Wildman–Crippen LogP) is 3.51. The molecule has 18 heavy (non-hydrogen) atoms. The maximum absolute atomic E-state index is 12.1. The van der Waals surface area contributed by atoms with Gasteiger partial charge in [0.2, 0.25) is 10.0 Å². The Hall–Kier alpha value is 0.290. The molecule has 0 spiro atoms. The molecule has 8 heteroatoms. The van der Waals surface area contributed by atoms with Crippen molar-refractivity contribution in [1.29, 1.82) is 0 Å². The summed E-state index contributed by atoms with van der Waals surface area (Å²) in [6, 6.07) is 4.06. The fourth-order valence-corrected chi connectivity index (χ4v) is 3.87. The highest BCUT2D eigenvalue weighted by molar-refractivity contribution is 7.89.